The van der Waals surface area contributed by atoms with Crippen LogP contribution in [0, 0.1) is 10.1 Å². The highest BCUT2D eigenvalue weighted by Gasteiger charge is 2.43. The number of nitro benzene ring substituents is 1. The summed E-state index contributed by atoms with van der Waals surface area (Å²) in [4.78, 5) is 35.9. The predicted octanol–water partition coefficient (Wildman–Crippen LogP) is 2.52. The molecule has 0 saturated carbocycles. The van der Waals surface area contributed by atoms with Crippen LogP contribution in [0.3, 0.4) is 0 Å². The molecule has 0 spiro atoms. The van der Waals surface area contributed by atoms with Crippen LogP contribution in [0.15, 0.2) is 24.3 Å². The number of ether oxygens (including phenoxy) is 3. The first-order valence-electron chi connectivity index (χ1n) is 8.09. The normalized spacial score (nSPS) is 19.8. The molecule has 0 aromatic heterocycles. The van der Waals surface area contributed by atoms with Crippen molar-refractivity contribution in [2.75, 3.05) is 13.7 Å². The number of hydrogen-bond donors (Lipinski definition) is 0. The molecule has 0 unspecified atom stereocenters. The second-order valence-corrected chi connectivity index (χ2v) is 6.90. The molecule has 1 aliphatic rings. The number of methoxy groups -OCH3 is 1. The van der Waals surface area contributed by atoms with E-state index in [1.54, 1.807) is 20.8 Å². The minimum absolute atomic E-state index is 0.0495. The number of hydrogen-bond acceptors (Lipinski definition) is 7. The molecule has 0 radical (unpaired) electrons. The van der Waals surface area contributed by atoms with E-state index in [1.165, 1.54) is 36.3 Å². The van der Waals surface area contributed by atoms with E-state index < -0.39 is 34.7 Å². The van der Waals surface area contributed by atoms with Gasteiger partial charge in [0.15, 0.2) is 0 Å². The molecular formula is C17H22N2O7. The van der Waals surface area contributed by atoms with Gasteiger partial charge in [0.1, 0.15) is 23.5 Å². The summed E-state index contributed by atoms with van der Waals surface area (Å²) in [5, 5.41) is 10.7. The lowest BCUT2D eigenvalue weighted by Gasteiger charge is -2.27. The third kappa shape index (κ3) is 4.84. The van der Waals surface area contributed by atoms with Crippen LogP contribution in [0.2, 0.25) is 0 Å². The van der Waals surface area contributed by atoms with Crippen LogP contribution in [0.4, 0.5) is 10.5 Å². The number of non-ortho nitro benzene ring substituents is 1. The Bertz CT molecular complexity index is 681. The maximum absolute atomic E-state index is 12.4. The fraction of sp³-hybridized carbons (Fsp3) is 0.529. The summed E-state index contributed by atoms with van der Waals surface area (Å²) in [6, 6.07) is 4.79. The molecule has 2 atom stereocenters. The van der Waals surface area contributed by atoms with Crippen molar-refractivity contribution in [2.45, 2.75) is 44.9 Å². The zero-order valence-corrected chi connectivity index (χ0v) is 15.1. The molecule has 1 amide bonds. The van der Waals surface area contributed by atoms with Crippen LogP contribution >= 0.6 is 0 Å². The van der Waals surface area contributed by atoms with Gasteiger partial charge in [0.2, 0.25) is 0 Å². The summed E-state index contributed by atoms with van der Waals surface area (Å²) in [5.74, 6) is -0.138. The lowest BCUT2D eigenvalue weighted by atomic mass is 10.2. The highest BCUT2D eigenvalue weighted by Crippen LogP contribution is 2.27. The minimum atomic E-state index is -0.808. The average Bonchev–Trinajstić information content (AvgIpc) is 2.97. The predicted molar refractivity (Wildman–Crippen MR) is 90.9 cm³/mol. The van der Waals surface area contributed by atoms with Crippen molar-refractivity contribution >= 4 is 17.7 Å². The van der Waals surface area contributed by atoms with Crippen molar-refractivity contribution in [1.82, 2.24) is 4.90 Å². The third-order valence-corrected chi connectivity index (χ3v) is 3.71. The Hall–Kier alpha value is -2.84. The quantitative estimate of drug-likeness (QED) is 0.457. The van der Waals surface area contributed by atoms with Gasteiger partial charge in [-0.1, -0.05) is 0 Å². The van der Waals surface area contributed by atoms with E-state index in [2.05, 4.69) is 0 Å². The number of amides is 1. The van der Waals surface area contributed by atoms with Gasteiger partial charge in [-0.05, 0) is 32.9 Å². The largest absolute Gasteiger partial charge is 0.488 e. The first kappa shape index (κ1) is 19.5. The first-order chi connectivity index (χ1) is 12.1. The summed E-state index contributed by atoms with van der Waals surface area (Å²) in [5.41, 5.74) is -0.749. The molecule has 0 bridgehead atoms. The van der Waals surface area contributed by atoms with Gasteiger partial charge >= 0.3 is 12.1 Å². The minimum Gasteiger partial charge on any atom is -0.488 e. The van der Waals surface area contributed by atoms with E-state index in [0.29, 0.717) is 5.75 Å². The number of carbonyl (C=O) groups excluding carboxylic acids is 2. The van der Waals surface area contributed by atoms with Gasteiger partial charge in [-0.25, -0.2) is 9.59 Å². The molecule has 2 rings (SSSR count). The van der Waals surface area contributed by atoms with Crippen molar-refractivity contribution in [1.29, 1.82) is 0 Å². The Balaban J connectivity index is 2.10. The second kappa shape index (κ2) is 7.59. The molecule has 1 aromatic rings. The monoisotopic (exact) mass is 366 g/mol. The van der Waals surface area contributed by atoms with Crippen LogP contribution < -0.4 is 4.74 Å². The first-order valence-corrected chi connectivity index (χ1v) is 8.09. The Morgan fingerprint density at radius 1 is 1.23 bits per heavy atom. The summed E-state index contributed by atoms with van der Waals surface area (Å²) in [6.07, 6.45) is -0.848. The fourth-order valence-corrected chi connectivity index (χ4v) is 2.60. The van der Waals surface area contributed by atoms with E-state index in [1.807, 2.05) is 0 Å². The van der Waals surface area contributed by atoms with Crippen molar-refractivity contribution in [3.8, 4) is 5.75 Å². The Morgan fingerprint density at radius 2 is 1.85 bits per heavy atom. The van der Waals surface area contributed by atoms with E-state index >= 15 is 0 Å². The van der Waals surface area contributed by atoms with Crippen molar-refractivity contribution in [2.24, 2.45) is 0 Å². The molecule has 0 N–H and O–H groups in total. The molecular weight excluding hydrogens is 344 g/mol. The second-order valence-electron chi connectivity index (χ2n) is 6.90. The molecule has 1 saturated heterocycles. The molecule has 1 fully saturated rings. The molecule has 142 valence electrons. The van der Waals surface area contributed by atoms with Gasteiger partial charge in [-0.3, -0.25) is 15.0 Å². The molecule has 0 aliphatic carbocycles. The van der Waals surface area contributed by atoms with Gasteiger partial charge in [-0.2, -0.15) is 0 Å². The number of nitrogens with zero attached hydrogens (tertiary/aromatic N) is 2. The summed E-state index contributed by atoms with van der Waals surface area (Å²) in [6.45, 7) is 5.35. The Labute approximate surface area is 151 Å². The van der Waals surface area contributed by atoms with Gasteiger partial charge in [0, 0.05) is 18.6 Å². The van der Waals surface area contributed by atoms with Gasteiger partial charge in [0.05, 0.1) is 18.6 Å². The topological polar surface area (TPSA) is 108 Å². The lowest BCUT2D eigenvalue weighted by molar-refractivity contribution is -0.384. The number of esters is 1. The smallest absolute Gasteiger partial charge is 0.411 e. The maximum atomic E-state index is 12.4. The molecule has 1 aliphatic heterocycles. The summed E-state index contributed by atoms with van der Waals surface area (Å²) in [7, 11) is 1.25. The number of rotatable bonds is 4. The number of benzene rings is 1. The molecule has 9 nitrogen and oxygen atoms in total. The van der Waals surface area contributed by atoms with E-state index in [0.717, 1.165) is 0 Å². The van der Waals surface area contributed by atoms with E-state index in [9.17, 15) is 19.7 Å². The van der Waals surface area contributed by atoms with E-state index in [-0.39, 0.29) is 18.7 Å². The van der Waals surface area contributed by atoms with Crippen LogP contribution in [0.25, 0.3) is 0 Å². The number of carbonyl (C=O) groups is 2. The standard InChI is InChI=1S/C17H22N2O7/c1-17(2,3)26-16(21)18-10-13(9-14(18)15(20)24-4)25-12-7-5-11(6-8-12)19(22)23/h5-8,13-14H,9-10H2,1-4H3/t13-,14-/m1/s1. The van der Waals surface area contributed by atoms with Crippen molar-refractivity contribution in [3.05, 3.63) is 34.4 Å². The molecule has 26 heavy (non-hydrogen) atoms. The third-order valence-electron chi connectivity index (χ3n) is 3.71. The van der Waals surface area contributed by atoms with Gasteiger partial charge < -0.3 is 14.2 Å². The molecule has 1 aromatic carbocycles. The Kier molecular flexibility index (Phi) is 5.69. The lowest BCUT2D eigenvalue weighted by Crippen LogP contribution is -2.44. The van der Waals surface area contributed by atoms with Gasteiger partial charge in [0.25, 0.3) is 5.69 Å². The fourth-order valence-electron chi connectivity index (χ4n) is 2.60. The Morgan fingerprint density at radius 3 is 2.35 bits per heavy atom. The van der Waals surface area contributed by atoms with Crippen LogP contribution in [0.5, 0.6) is 5.75 Å². The number of nitro groups is 1. The SMILES string of the molecule is COC(=O)[C@H]1C[C@@H](Oc2ccc([N+](=O)[O-])cc2)CN1C(=O)OC(C)(C)C. The number of likely N-dealkylation sites (tertiary alicyclic amines) is 1. The maximum Gasteiger partial charge on any atom is 0.411 e. The van der Waals surface area contributed by atoms with Crippen molar-refractivity contribution in [3.63, 3.8) is 0 Å². The van der Waals surface area contributed by atoms with Crippen LogP contribution in [-0.4, -0.2) is 53.3 Å². The van der Waals surface area contributed by atoms with Crippen molar-refractivity contribution < 1.29 is 28.7 Å². The van der Waals surface area contributed by atoms with Gasteiger partial charge in [-0.15, -0.1) is 0 Å². The molecule has 1 heterocycles. The van der Waals surface area contributed by atoms with E-state index in [4.69, 9.17) is 14.2 Å². The molecule has 9 heteroatoms. The average molecular weight is 366 g/mol. The highest BCUT2D eigenvalue weighted by atomic mass is 16.6. The zero-order chi connectivity index (χ0) is 19.5. The zero-order valence-electron chi connectivity index (χ0n) is 15.1. The van der Waals surface area contributed by atoms with Crippen LogP contribution in [0.1, 0.15) is 27.2 Å². The van der Waals surface area contributed by atoms with Crippen LogP contribution in [-0.2, 0) is 14.3 Å². The summed E-state index contributed by atoms with van der Waals surface area (Å²) >= 11 is 0. The highest BCUT2D eigenvalue weighted by molar-refractivity contribution is 5.82. The summed E-state index contributed by atoms with van der Waals surface area (Å²) < 4.78 is 15.9.